The first-order valence-electron chi connectivity index (χ1n) is 9.39. The lowest BCUT2D eigenvalue weighted by atomic mass is 10.2. The molecule has 0 radical (unpaired) electrons. The van der Waals surface area contributed by atoms with Crippen LogP contribution in [0.4, 0.5) is 5.13 Å². The molecule has 2 aromatic carbocycles. The molecule has 0 saturated heterocycles. The number of hydrogen-bond acceptors (Lipinski definition) is 6. The number of aromatic nitrogens is 1. The Balaban J connectivity index is 1.82. The Bertz CT molecular complexity index is 1220. The van der Waals surface area contributed by atoms with E-state index < -0.39 is 10.0 Å². The van der Waals surface area contributed by atoms with Gasteiger partial charge in [-0.05, 0) is 42.8 Å². The number of anilines is 1. The molecule has 31 heavy (non-hydrogen) atoms. The van der Waals surface area contributed by atoms with Crippen LogP contribution in [0.2, 0.25) is 0 Å². The lowest BCUT2D eigenvalue weighted by molar-refractivity contribution is 0.102. The zero-order valence-corrected chi connectivity index (χ0v) is 18.9. The van der Waals surface area contributed by atoms with Crippen LogP contribution in [0.5, 0.6) is 5.75 Å². The molecular weight excluding hydrogens is 434 g/mol. The second kappa shape index (κ2) is 9.42. The number of sulfonamides is 1. The van der Waals surface area contributed by atoms with E-state index in [1.165, 1.54) is 52.1 Å². The van der Waals surface area contributed by atoms with Crippen LogP contribution in [0.15, 0.2) is 66.6 Å². The van der Waals surface area contributed by atoms with Crippen molar-refractivity contribution in [1.29, 1.82) is 0 Å². The summed E-state index contributed by atoms with van der Waals surface area (Å²) in [6.07, 6.45) is 3.02. The number of carbonyl (C=O) groups excluding carboxylic acids is 1. The van der Waals surface area contributed by atoms with Crippen molar-refractivity contribution >= 4 is 42.6 Å². The molecule has 7 nitrogen and oxygen atoms in total. The number of carbonyl (C=O) groups is 1. The molecule has 0 fully saturated rings. The molecule has 0 spiro atoms. The SMILES string of the molecule is C=CCN(CC=C)S(=O)(=O)c1ccc(C(=O)Nc2nc3c(OC)ccc(C)c3s2)cc1. The topological polar surface area (TPSA) is 88.6 Å². The van der Waals surface area contributed by atoms with E-state index in [0.29, 0.717) is 22.0 Å². The summed E-state index contributed by atoms with van der Waals surface area (Å²) in [5.74, 6) is 0.254. The Morgan fingerprint density at radius 2 is 1.81 bits per heavy atom. The molecular formula is C22H23N3O4S2. The summed E-state index contributed by atoms with van der Waals surface area (Å²) in [6.45, 7) is 9.48. The highest BCUT2D eigenvalue weighted by Gasteiger charge is 2.23. The summed E-state index contributed by atoms with van der Waals surface area (Å²) < 4.78 is 33.1. The smallest absolute Gasteiger partial charge is 0.257 e. The summed E-state index contributed by atoms with van der Waals surface area (Å²) in [5.41, 5.74) is 2.04. The van der Waals surface area contributed by atoms with E-state index in [4.69, 9.17) is 4.74 Å². The lowest BCUT2D eigenvalue weighted by Gasteiger charge is -2.19. The average molecular weight is 458 g/mol. The van der Waals surface area contributed by atoms with Crippen LogP contribution in [0.1, 0.15) is 15.9 Å². The van der Waals surface area contributed by atoms with Crippen molar-refractivity contribution in [3.05, 3.63) is 72.8 Å². The van der Waals surface area contributed by atoms with Crippen LogP contribution in [0, 0.1) is 6.92 Å². The zero-order valence-electron chi connectivity index (χ0n) is 17.3. The molecule has 0 unspecified atom stereocenters. The van der Waals surface area contributed by atoms with Gasteiger partial charge in [-0.3, -0.25) is 10.1 Å². The molecule has 3 rings (SSSR count). The molecule has 0 bridgehead atoms. The summed E-state index contributed by atoms with van der Waals surface area (Å²) >= 11 is 1.35. The van der Waals surface area contributed by atoms with Crippen molar-refractivity contribution in [2.45, 2.75) is 11.8 Å². The third-order valence-electron chi connectivity index (χ3n) is 4.56. The van der Waals surface area contributed by atoms with Crippen molar-refractivity contribution in [2.75, 3.05) is 25.5 Å². The number of nitrogens with one attached hydrogen (secondary N) is 1. The van der Waals surface area contributed by atoms with Crippen molar-refractivity contribution in [2.24, 2.45) is 0 Å². The largest absolute Gasteiger partial charge is 0.494 e. The van der Waals surface area contributed by atoms with Crippen LogP contribution in [-0.4, -0.2) is 43.8 Å². The Morgan fingerprint density at radius 1 is 1.16 bits per heavy atom. The normalized spacial score (nSPS) is 11.5. The minimum absolute atomic E-state index is 0.0908. The maximum absolute atomic E-state index is 12.8. The number of hydrogen-bond donors (Lipinski definition) is 1. The molecule has 3 aromatic rings. The van der Waals surface area contributed by atoms with Gasteiger partial charge in [-0.2, -0.15) is 4.31 Å². The van der Waals surface area contributed by atoms with E-state index in [2.05, 4.69) is 23.5 Å². The predicted molar refractivity (Wildman–Crippen MR) is 124 cm³/mol. The monoisotopic (exact) mass is 457 g/mol. The average Bonchev–Trinajstić information content (AvgIpc) is 3.18. The van der Waals surface area contributed by atoms with Crippen LogP contribution in [0.3, 0.4) is 0 Å². The maximum Gasteiger partial charge on any atom is 0.257 e. The predicted octanol–water partition coefficient (Wildman–Crippen LogP) is 4.23. The first-order chi connectivity index (χ1) is 14.8. The number of nitrogens with zero attached hydrogens (tertiary/aromatic N) is 2. The molecule has 0 aliphatic rings. The number of aryl methyl sites for hydroxylation is 1. The highest BCUT2D eigenvalue weighted by molar-refractivity contribution is 7.89. The fourth-order valence-electron chi connectivity index (χ4n) is 2.98. The summed E-state index contributed by atoms with van der Waals surface area (Å²) in [7, 11) is -2.15. The number of methoxy groups -OCH3 is 1. The zero-order chi connectivity index (χ0) is 22.6. The van der Waals surface area contributed by atoms with Gasteiger partial charge in [0, 0.05) is 18.7 Å². The van der Waals surface area contributed by atoms with Crippen molar-refractivity contribution in [3.8, 4) is 5.75 Å². The Morgan fingerprint density at radius 3 is 2.39 bits per heavy atom. The molecule has 0 atom stereocenters. The summed E-state index contributed by atoms with van der Waals surface area (Å²) in [4.78, 5) is 17.2. The molecule has 9 heteroatoms. The van der Waals surface area contributed by atoms with Crippen LogP contribution >= 0.6 is 11.3 Å². The van der Waals surface area contributed by atoms with Crippen molar-refractivity contribution in [1.82, 2.24) is 9.29 Å². The molecule has 1 amide bonds. The van der Waals surface area contributed by atoms with Gasteiger partial charge in [0.15, 0.2) is 5.13 Å². The Hall–Kier alpha value is -3.01. The first-order valence-corrected chi connectivity index (χ1v) is 11.6. The molecule has 0 aliphatic heterocycles. The second-order valence-electron chi connectivity index (χ2n) is 6.66. The Kier molecular flexibility index (Phi) is 6.89. The number of thiazole rings is 1. The standard InChI is InChI=1S/C22H23N3O4S2/c1-5-13-25(14-6-2)31(27,28)17-10-8-16(9-11-17)21(26)24-22-23-19-18(29-4)12-7-15(3)20(19)30-22/h5-12H,1-2,13-14H2,3-4H3,(H,23,24,26). The highest BCUT2D eigenvalue weighted by atomic mass is 32.2. The number of ether oxygens (including phenoxy) is 1. The van der Waals surface area contributed by atoms with Gasteiger partial charge in [0.05, 0.1) is 16.7 Å². The van der Waals surface area contributed by atoms with Gasteiger partial charge in [-0.15, -0.1) is 13.2 Å². The number of amides is 1. The Labute approximate surface area is 185 Å². The fourth-order valence-corrected chi connectivity index (χ4v) is 5.31. The summed E-state index contributed by atoms with van der Waals surface area (Å²) in [5, 5.41) is 3.21. The lowest BCUT2D eigenvalue weighted by Crippen LogP contribution is -2.31. The third kappa shape index (κ3) is 4.68. The number of rotatable bonds is 9. The van der Waals surface area contributed by atoms with Crippen LogP contribution in [0.25, 0.3) is 10.2 Å². The van der Waals surface area contributed by atoms with Crippen molar-refractivity contribution in [3.63, 3.8) is 0 Å². The van der Waals surface area contributed by atoms with E-state index in [-0.39, 0.29) is 23.9 Å². The van der Waals surface area contributed by atoms with E-state index in [9.17, 15) is 13.2 Å². The van der Waals surface area contributed by atoms with Gasteiger partial charge in [0.2, 0.25) is 10.0 Å². The van der Waals surface area contributed by atoms with Gasteiger partial charge in [-0.25, -0.2) is 13.4 Å². The van der Waals surface area contributed by atoms with Crippen molar-refractivity contribution < 1.29 is 17.9 Å². The second-order valence-corrected chi connectivity index (χ2v) is 9.60. The molecule has 162 valence electrons. The third-order valence-corrected chi connectivity index (χ3v) is 7.52. The number of fused-ring (bicyclic) bond motifs is 1. The maximum atomic E-state index is 12.8. The molecule has 1 N–H and O–H groups in total. The molecule has 0 aliphatic carbocycles. The van der Waals surface area contributed by atoms with Crippen LogP contribution < -0.4 is 10.1 Å². The van der Waals surface area contributed by atoms with E-state index in [1.54, 1.807) is 7.11 Å². The minimum Gasteiger partial charge on any atom is -0.494 e. The van der Waals surface area contributed by atoms with E-state index in [0.717, 1.165) is 10.3 Å². The molecule has 0 saturated carbocycles. The van der Waals surface area contributed by atoms with Gasteiger partial charge >= 0.3 is 0 Å². The minimum atomic E-state index is -3.72. The van der Waals surface area contributed by atoms with E-state index >= 15 is 0 Å². The molecule has 1 aromatic heterocycles. The van der Waals surface area contributed by atoms with E-state index in [1.807, 2.05) is 19.1 Å². The number of benzene rings is 2. The fraction of sp³-hybridized carbons (Fsp3) is 0.182. The van der Waals surface area contributed by atoms with Gasteiger partial charge in [0.25, 0.3) is 5.91 Å². The molecule has 1 heterocycles. The quantitative estimate of drug-likeness (QED) is 0.486. The van der Waals surface area contributed by atoms with Gasteiger partial charge < -0.3 is 4.74 Å². The first kappa shape index (κ1) is 22.7. The van der Waals surface area contributed by atoms with Gasteiger partial charge in [-0.1, -0.05) is 29.6 Å². The van der Waals surface area contributed by atoms with Crippen LogP contribution in [-0.2, 0) is 10.0 Å². The van der Waals surface area contributed by atoms with Gasteiger partial charge in [0.1, 0.15) is 11.3 Å². The highest BCUT2D eigenvalue weighted by Crippen LogP contribution is 2.34. The summed E-state index contributed by atoms with van der Waals surface area (Å²) in [6, 6.07) is 9.54.